The number of hydrogen-bond donors (Lipinski definition) is 0. The smallest absolute Gasteiger partial charge is 0.262 e. The zero-order valence-corrected chi connectivity index (χ0v) is 13.8. The molecule has 0 spiro atoms. The van der Waals surface area contributed by atoms with E-state index in [2.05, 4.69) is 4.98 Å². The van der Waals surface area contributed by atoms with Crippen LogP contribution >= 0.6 is 0 Å². The molecule has 1 aliphatic rings. The maximum absolute atomic E-state index is 13.3. The van der Waals surface area contributed by atoms with Gasteiger partial charge in [0.1, 0.15) is 0 Å². The number of amides is 2. The summed E-state index contributed by atoms with van der Waals surface area (Å²) in [7, 11) is 0. The molecule has 0 fully saturated rings. The molecule has 4 aromatic rings. The van der Waals surface area contributed by atoms with E-state index in [1.54, 1.807) is 12.3 Å². The molecule has 0 aliphatic carbocycles. The van der Waals surface area contributed by atoms with Crippen molar-refractivity contribution in [1.82, 2.24) is 9.88 Å². The van der Waals surface area contributed by atoms with Gasteiger partial charge < -0.3 is 0 Å². The van der Waals surface area contributed by atoms with E-state index in [1.165, 1.54) is 4.90 Å². The zero-order chi connectivity index (χ0) is 17.7. The van der Waals surface area contributed by atoms with Crippen LogP contribution in [0.1, 0.15) is 26.4 Å². The van der Waals surface area contributed by atoms with Crippen molar-refractivity contribution in [3.8, 4) is 0 Å². The van der Waals surface area contributed by atoms with E-state index in [-0.39, 0.29) is 18.4 Å². The number of nitrogens with zero attached hydrogens (tertiary/aromatic N) is 2. The van der Waals surface area contributed by atoms with Gasteiger partial charge in [-0.3, -0.25) is 19.5 Å². The highest BCUT2D eigenvalue weighted by Crippen LogP contribution is 2.36. The van der Waals surface area contributed by atoms with Crippen LogP contribution in [0, 0.1) is 0 Å². The number of benzene rings is 3. The van der Waals surface area contributed by atoms with E-state index >= 15 is 0 Å². The Bertz CT molecular complexity index is 1200. The van der Waals surface area contributed by atoms with Crippen LogP contribution in [0.5, 0.6) is 0 Å². The first-order valence-electron chi connectivity index (χ1n) is 8.44. The molecule has 0 saturated heterocycles. The summed E-state index contributed by atoms with van der Waals surface area (Å²) < 4.78 is 0. The Morgan fingerprint density at radius 3 is 2.46 bits per heavy atom. The van der Waals surface area contributed by atoms with Crippen molar-refractivity contribution >= 4 is 33.4 Å². The van der Waals surface area contributed by atoms with Gasteiger partial charge in [0.25, 0.3) is 11.8 Å². The molecular formula is C22H14N2O2. The Morgan fingerprint density at radius 2 is 1.62 bits per heavy atom. The molecule has 0 N–H and O–H groups in total. The fourth-order valence-corrected chi connectivity index (χ4v) is 3.69. The third kappa shape index (κ3) is 2.05. The first-order valence-corrected chi connectivity index (χ1v) is 8.44. The number of imide groups is 1. The van der Waals surface area contributed by atoms with Crippen molar-refractivity contribution in [2.24, 2.45) is 0 Å². The van der Waals surface area contributed by atoms with Gasteiger partial charge in [-0.25, -0.2) is 0 Å². The number of carbonyl (C=O) groups is 2. The summed E-state index contributed by atoms with van der Waals surface area (Å²) in [6, 6.07) is 20.9. The highest BCUT2D eigenvalue weighted by atomic mass is 16.2. The maximum Gasteiger partial charge on any atom is 0.262 e. The molecule has 1 aromatic heterocycles. The highest BCUT2D eigenvalue weighted by molar-refractivity contribution is 6.30. The van der Waals surface area contributed by atoms with Crippen molar-refractivity contribution in [2.75, 3.05) is 0 Å². The second kappa shape index (κ2) is 5.49. The highest BCUT2D eigenvalue weighted by Gasteiger charge is 2.34. The summed E-state index contributed by atoms with van der Waals surface area (Å²) in [4.78, 5) is 31.9. The molecule has 124 valence electrons. The third-order valence-electron chi connectivity index (χ3n) is 4.87. The standard InChI is InChI=1S/C22H14N2O2/c25-21-18-10-5-7-15-12-14-6-1-2-9-17(14)20(19(15)18)22(26)24(21)13-16-8-3-4-11-23-16/h1-12H,13H2. The van der Waals surface area contributed by atoms with Gasteiger partial charge >= 0.3 is 0 Å². The minimum atomic E-state index is -0.269. The van der Waals surface area contributed by atoms with Crippen LogP contribution in [-0.2, 0) is 6.54 Å². The number of pyridine rings is 1. The fraction of sp³-hybridized carbons (Fsp3) is 0.0455. The van der Waals surface area contributed by atoms with Crippen LogP contribution < -0.4 is 0 Å². The minimum absolute atomic E-state index is 0.164. The molecule has 2 heterocycles. The summed E-state index contributed by atoms with van der Waals surface area (Å²) in [5.74, 6) is -0.532. The number of carbonyl (C=O) groups excluding carboxylic acids is 2. The Hall–Kier alpha value is -3.53. The molecule has 1 aliphatic heterocycles. The van der Waals surface area contributed by atoms with E-state index in [1.807, 2.05) is 60.7 Å². The second-order valence-electron chi connectivity index (χ2n) is 6.39. The van der Waals surface area contributed by atoms with E-state index in [0.29, 0.717) is 16.8 Å². The molecule has 3 aromatic carbocycles. The Morgan fingerprint density at radius 1 is 0.808 bits per heavy atom. The maximum atomic E-state index is 13.3. The van der Waals surface area contributed by atoms with Crippen LogP contribution in [0.2, 0.25) is 0 Å². The van der Waals surface area contributed by atoms with E-state index in [9.17, 15) is 9.59 Å². The molecule has 0 unspecified atom stereocenters. The lowest BCUT2D eigenvalue weighted by Crippen LogP contribution is -2.40. The normalized spacial score (nSPS) is 13.6. The minimum Gasteiger partial charge on any atom is -0.269 e. The van der Waals surface area contributed by atoms with Crippen molar-refractivity contribution < 1.29 is 9.59 Å². The Kier molecular flexibility index (Phi) is 3.12. The topological polar surface area (TPSA) is 50.3 Å². The Balaban J connectivity index is 1.78. The first-order chi connectivity index (χ1) is 12.7. The van der Waals surface area contributed by atoms with Crippen LogP contribution in [0.25, 0.3) is 21.5 Å². The zero-order valence-electron chi connectivity index (χ0n) is 13.8. The predicted octanol–water partition coefficient (Wildman–Crippen LogP) is 4.18. The molecule has 5 rings (SSSR count). The average Bonchev–Trinajstić information content (AvgIpc) is 2.68. The van der Waals surface area contributed by atoms with Gasteiger partial charge in [-0.1, -0.05) is 42.5 Å². The molecule has 4 heteroatoms. The molecule has 4 nitrogen and oxygen atoms in total. The molecule has 26 heavy (non-hydrogen) atoms. The van der Waals surface area contributed by atoms with Crippen LogP contribution in [0.4, 0.5) is 0 Å². The molecule has 0 atom stereocenters. The third-order valence-corrected chi connectivity index (χ3v) is 4.87. The Labute approximate surface area is 149 Å². The summed E-state index contributed by atoms with van der Waals surface area (Å²) in [6.07, 6.45) is 1.66. The summed E-state index contributed by atoms with van der Waals surface area (Å²) in [5, 5.41) is 3.53. The quantitative estimate of drug-likeness (QED) is 0.407. The van der Waals surface area contributed by atoms with E-state index in [4.69, 9.17) is 0 Å². The largest absolute Gasteiger partial charge is 0.269 e. The van der Waals surface area contributed by atoms with Crippen LogP contribution in [0.15, 0.2) is 72.9 Å². The van der Waals surface area contributed by atoms with Gasteiger partial charge in [-0.15, -0.1) is 0 Å². The lowest BCUT2D eigenvalue weighted by Gasteiger charge is -2.28. The van der Waals surface area contributed by atoms with Gasteiger partial charge in [0.15, 0.2) is 0 Å². The molecule has 0 radical (unpaired) electrons. The molecule has 0 bridgehead atoms. The number of aromatic nitrogens is 1. The van der Waals surface area contributed by atoms with E-state index in [0.717, 1.165) is 21.5 Å². The molecular weight excluding hydrogens is 324 g/mol. The fourth-order valence-electron chi connectivity index (χ4n) is 3.69. The SMILES string of the molecule is O=C1c2cccc3cc4ccccc4c(c23)C(=O)N1Cc1ccccn1. The van der Waals surface area contributed by atoms with Crippen molar-refractivity contribution in [2.45, 2.75) is 6.54 Å². The van der Waals surface area contributed by atoms with Gasteiger partial charge in [-0.05, 0) is 40.4 Å². The lowest BCUT2D eigenvalue weighted by atomic mass is 9.89. The van der Waals surface area contributed by atoms with Crippen LogP contribution in [-0.4, -0.2) is 21.7 Å². The first kappa shape index (κ1) is 14.8. The summed E-state index contributed by atoms with van der Waals surface area (Å²) in [5.41, 5.74) is 1.85. The average molecular weight is 338 g/mol. The second-order valence-corrected chi connectivity index (χ2v) is 6.39. The van der Waals surface area contributed by atoms with Gasteiger partial charge in [-0.2, -0.15) is 0 Å². The van der Waals surface area contributed by atoms with Gasteiger partial charge in [0.05, 0.1) is 17.8 Å². The number of hydrogen-bond acceptors (Lipinski definition) is 3. The van der Waals surface area contributed by atoms with Crippen molar-refractivity contribution in [1.29, 1.82) is 0 Å². The molecule has 0 saturated carbocycles. The monoisotopic (exact) mass is 338 g/mol. The van der Waals surface area contributed by atoms with Crippen molar-refractivity contribution in [3.63, 3.8) is 0 Å². The summed E-state index contributed by atoms with van der Waals surface area (Å²) in [6.45, 7) is 0.164. The van der Waals surface area contributed by atoms with Gasteiger partial charge in [0, 0.05) is 17.1 Å². The van der Waals surface area contributed by atoms with Crippen LogP contribution in [0.3, 0.4) is 0 Å². The lowest BCUT2D eigenvalue weighted by molar-refractivity contribution is 0.0597. The predicted molar refractivity (Wildman–Crippen MR) is 99.9 cm³/mol. The number of fused-ring (bicyclic) bond motifs is 2. The van der Waals surface area contributed by atoms with E-state index < -0.39 is 0 Å². The number of rotatable bonds is 2. The van der Waals surface area contributed by atoms with Gasteiger partial charge in [0.2, 0.25) is 0 Å². The molecule has 2 amide bonds. The summed E-state index contributed by atoms with van der Waals surface area (Å²) >= 11 is 0. The van der Waals surface area contributed by atoms with Crippen molar-refractivity contribution in [3.05, 3.63) is 89.7 Å².